The molecular weight excluding hydrogens is 403 g/mol. The molecule has 1 fully saturated rings. The van der Waals surface area contributed by atoms with Gasteiger partial charge in [0.05, 0.1) is 5.75 Å². The van der Waals surface area contributed by atoms with Crippen LogP contribution in [0, 0.1) is 11.7 Å². The van der Waals surface area contributed by atoms with Crippen LogP contribution in [0.15, 0.2) is 48.5 Å². The van der Waals surface area contributed by atoms with Gasteiger partial charge in [-0.1, -0.05) is 35.9 Å². The van der Waals surface area contributed by atoms with Crippen molar-refractivity contribution in [2.45, 2.75) is 18.6 Å². The molecule has 1 amide bonds. The molecule has 1 aliphatic heterocycles. The second-order valence-corrected chi connectivity index (χ2v) is 9.24. The number of sulfonamides is 1. The van der Waals surface area contributed by atoms with E-state index in [0.29, 0.717) is 12.8 Å². The highest BCUT2D eigenvalue weighted by molar-refractivity contribution is 7.88. The zero-order valence-electron chi connectivity index (χ0n) is 15.5. The molecule has 1 saturated heterocycles. The van der Waals surface area contributed by atoms with E-state index in [1.54, 1.807) is 11.9 Å². The van der Waals surface area contributed by atoms with E-state index in [0.717, 1.165) is 5.69 Å². The normalized spacial score (nSPS) is 16.1. The van der Waals surface area contributed by atoms with Crippen LogP contribution in [0.2, 0.25) is 5.02 Å². The van der Waals surface area contributed by atoms with Gasteiger partial charge in [0.25, 0.3) is 0 Å². The predicted octanol–water partition coefficient (Wildman–Crippen LogP) is 3.68. The number of para-hydroxylation sites is 1. The summed E-state index contributed by atoms with van der Waals surface area (Å²) in [5.41, 5.74) is 0.780. The highest BCUT2D eigenvalue weighted by Gasteiger charge is 2.33. The lowest BCUT2D eigenvalue weighted by Gasteiger charge is -2.32. The van der Waals surface area contributed by atoms with Gasteiger partial charge in [0.15, 0.2) is 0 Å². The molecule has 1 heterocycles. The minimum atomic E-state index is -3.72. The molecule has 3 rings (SSSR count). The number of carbonyl (C=O) groups excluding carboxylic acids is 1. The number of carbonyl (C=O) groups is 1. The number of nitrogens with zero attached hydrogens (tertiary/aromatic N) is 2. The maximum absolute atomic E-state index is 13.9. The summed E-state index contributed by atoms with van der Waals surface area (Å²) in [6.07, 6.45) is 0.862. The van der Waals surface area contributed by atoms with Crippen LogP contribution >= 0.6 is 11.6 Å². The van der Waals surface area contributed by atoms with Crippen molar-refractivity contribution in [2.75, 3.05) is 25.0 Å². The Labute approximate surface area is 169 Å². The van der Waals surface area contributed by atoms with E-state index in [1.807, 2.05) is 30.3 Å². The number of hydrogen-bond acceptors (Lipinski definition) is 3. The van der Waals surface area contributed by atoms with E-state index < -0.39 is 21.6 Å². The van der Waals surface area contributed by atoms with Crippen LogP contribution in [-0.4, -0.2) is 38.8 Å². The van der Waals surface area contributed by atoms with Gasteiger partial charge in [-0.3, -0.25) is 4.79 Å². The van der Waals surface area contributed by atoms with Crippen molar-refractivity contribution in [3.05, 3.63) is 64.9 Å². The van der Waals surface area contributed by atoms with E-state index in [1.165, 1.54) is 22.5 Å². The third-order valence-corrected chi connectivity index (χ3v) is 7.22. The molecule has 0 saturated carbocycles. The van der Waals surface area contributed by atoms with E-state index in [9.17, 15) is 17.6 Å². The van der Waals surface area contributed by atoms with Crippen LogP contribution in [-0.2, 0) is 20.6 Å². The van der Waals surface area contributed by atoms with Crippen molar-refractivity contribution < 1.29 is 17.6 Å². The average molecular weight is 425 g/mol. The highest BCUT2D eigenvalue weighted by atomic mass is 35.5. The molecule has 5 nitrogen and oxygen atoms in total. The minimum absolute atomic E-state index is 0.0221. The van der Waals surface area contributed by atoms with Crippen molar-refractivity contribution in [3.8, 4) is 0 Å². The lowest BCUT2D eigenvalue weighted by Crippen LogP contribution is -2.44. The van der Waals surface area contributed by atoms with Crippen LogP contribution in [0.25, 0.3) is 0 Å². The smallest absolute Gasteiger partial charge is 0.229 e. The Bertz CT molecular complexity index is 925. The molecule has 0 aromatic heterocycles. The van der Waals surface area contributed by atoms with Crippen molar-refractivity contribution in [1.82, 2.24) is 4.31 Å². The largest absolute Gasteiger partial charge is 0.315 e. The number of anilines is 1. The van der Waals surface area contributed by atoms with Crippen molar-refractivity contribution >= 4 is 33.2 Å². The second kappa shape index (κ2) is 8.59. The predicted molar refractivity (Wildman–Crippen MR) is 108 cm³/mol. The lowest BCUT2D eigenvalue weighted by molar-refractivity contribution is -0.123. The summed E-state index contributed by atoms with van der Waals surface area (Å²) in [5, 5.41) is 0.0955. The van der Waals surface area contributed by atoms with E-state index in [-0.39, 0.29) is 35.5 Å². The fraction of sp³-hybridized carbons (Fsp3) is 0.350. The summed E-state index contributed by atoms with van der Waals surface area (Å²) < 4.78 is 40.7. The van der Waals surface area contributed by atoms with Crippen LogP contribution in [0.5, 0.6) is 0 Å². The average Bonchev–Trinajstić information content (AvgIpc) is 2.70. The second-order valence-electron chi connectivity index (χ2n) is 6.86. The zero-order valence-corrected chi connectivity index (χ0v) is 17.1. The van der Waals surface area contributed by atoms with E-state index >= 15 is 0 Å². The van der Waals surface area contributed by atoms with Gasteiger partial charge in [0.1, 0.15) is 5.82 Å². The Balaban J connectivity index is 1.64. The van der Waals surface area contributed by atoms with Gasteiger partial charge < -0.3 is 4.90 Å². The molecule has 0 N–H and O–H groups in total. The molecule has 28 heavy (non-hydrogen) atoms. The zero-order chi connectivity index (χ0) is 20.3. The monoisotopic (exact) mass is 424 g/mol. The molecule has 0 spiro atoms. The van der Waals surface area contributed by atoms with Crippen molar-refractivity contribution in [2.24, 2.45) is 5.92 Å². The number of amides is 1. The van der Waals surface area contributed by atoms with Crippen LogP contribution in [0.1, 0.15) is 18.4 Å². The van der Waals surface area contributed by atoms with E-state index in [2.05, 4.69) is 0 Å². The Morgan fingerprint density at radius 1 is 1.14 bits per heavy atom. The van der Waals surface area contributed by atoms with Crippen LogP contribution in [0.4, 0.5) is 10.1 Å². The fourth-order valence-corrected chi connectivity index (χ4v) is 5.29. The highest BCUT2D eigenvalue weighted by Crippen LogP contribution is 2.27. The van der Waals surface area contributed by atoms with Crippen molar-refractivity contribution in [3.63, 3.8) is 0 Å². The fourth-order valence-electron chi connectivity index (χ4n) is 3.38. The quantitative estimate of drug-likeness (QED) is 0.735. The summed E-state index contributed by atoms with van der Waals surface area (Å²) in [5.74, 6) is -1.39. The standard InChI is InChI=1S/C20H22ClFN2O3S/c1-23(16-6-3-2-4-7-16)20(25)15-10-12-24(13-11-15)28(26,27)14-17-18(21)8-5-9-19(17)22/h2-9,15H,10-14H2,1H3. The summed E-state index contributed by atoms with van der Waals surface area (Å²) in [7, 11) is -2.00. The van der Waals surface area contributed by atoms with Crippen molar-refractivity contribution in [1.29, 1.82) is 0 Å². The number of halogens is 2. The van der Waals surface area contributed by atoms with Gasteiger partial charge in [0, 0.05) is 42.3 Å². The van der Waals surface area contributed by atoms with Crippen LogP contribution < -0.4 is 4.90 Å². The molecule has 2 aromatic carbocycles. The lowest BCUT2D eigenvalue weighted by atomic mass is 9.96. The first-order chi connectivity index (χ1) is 13.3. The maximum Gasteiger partial charge on any atom is 0.229 e. The Morgan fingerprint density at radius 2 is 1.79 bits per heavy atom. The summed E-state index contributed by atoms with van der Waals surface area (Å²) >= 11 is 5.96. The number of benzene rings is 2. The third kappa shape index (κ3) is 4.54. The minimum Gasteiger partial charge on any atom is -0.315 e. The SMILES string of the molecule is CN(C(=O)C1CCN(S(=O)(=O)Cc2c(F)cccc2Cl)CC1)c1ccccc1. The molecule has 0 atom stereocenters. The van der Waals surface area contributed by atoms with Gasteiger partial charge in [-0.05, 0) is 37.1 Å². The van der Waals surface area contributed by atoms with E-state index in [4.69, 9.17) is 11.6 Å². The first-order valence-corrected chi connectivity index (χ1v) is 11.0. The number of rotatable bonds is 5. The molecule has 0 bridgehead atoms. The Morgan fingerprint density at radius 3 is 2.39 bits per heavy atom. The Kier molecular flexibility index (Phi) is 6.37. The first-order valence-electron chi connectivity index (χ1n) is 9.03. The molecule has 2 aromatic rings. The van der Waals surface area contributed by atoms with Gasteiger partial charge in [-0.2, -0.15) is 0 Å². The summed E-state index contributed by atoms with van der Waals surface area (Å²) in [4.78, 5) is 14.3. The molecule has 0 aliphatic carbocycles. The molecule has 8 heteroatoms. The van der Waals surface area contributed by atoms with Gasteiger partial charge in [-0.25, -0.2) is 17.1 Å². The number of piperidine rings is 1. The maximum atomic E-state index is 13.9. The van der Waals surface area contributed by atoms with Gasteiger partial charge in [-0.15, -0.1) is 0 Å². The van der Waals surface area contributed by atoms with Crippen LogP contribution in [0.3, 0.4) is 0 Å². The molecular formula is C20H22ClFN2O3S. The first kappa shape index (κ1) is 20.8. The molecule has 0 unspecified atom stereocenters. The molecule has 0 radical (unpaired) electrons. The van der Waals surface area contributed by atoms with Gasteiger partial charge in [0.2, 0.25) is 15.9 Å². The molecule has 1 aliphatic rings. The summed E-state index contributed by atoms with van der Waals surface area (Å²) in [6, 6.07) is 13.4. The molecule has 150 valence electrons. The Hall–Kier alpha value is -1.96. The topological polar surface area (TPSA) is 57.7 Å². The third-order valence-electron chi connectivity index (χ3n) is 5.06. The number of hydrogen-bond donors (Lipinski definition) is 0. The van der Waals surface area contributed by atoms with Gasteiger partial charge >= 0.3 is 0 Å². The summed E-state index contributed by atoms with van der Waals surface area (Å²) in [6.45, 7) is 0.459.